The lowest BCUT2D eigenvalue weighted by atomic mass is 9.91. The van der Waals surface area contributed by atoms with Gasteiger partial charge in [-0.1, -0.05) is 44.3 Å². The van der Waals surface area contributed by atoms with Gasteiger partial charge in [-0.3, -0.25) is 0 Å². The zero-order valence-corrected chi connectivity index (χ0v) is 12.7. The topological polar surface area (TPSA) is 90.7 Å². The van der Waals surface area contributed by atoms with Crippen LogP contribution in [0.25, 0.3) is 10.8 Å². The molecule has 0 saturated heterocycles. The fraction of sp³-hybridized carbons (Fsp3) is 0.667. The highest BCUT2D eigenvalue weighted by Gasteiger charge is 2.27. The summed E-state index contributed by atoms with van der Waals surface area (Å²) in [6.07, 6.45) is 0. The molecule has 2 aromatic rings. The van der Waals surface area contributed by atoms with E-state index < -0.39 is 0 Å². The Kier molecular flexibility index (Phi) is 3.69. The zero-order valence-electron chi connectivity index (χ0n) is 11.8. The first-order valence-corrected chi connectivity index (χ1v) is 7.00. The van der Waals surface area contributed by atoms with Crippen molar-refractivity contribution < 1.29 is 4.52 Å². The molecular formula is C12H19N5OS. The van der Waals surface area contributed by atoms with Gasteiger partial charge in [0.2, 0.25) is 0 Å². The van der Waals surface area contributed by atoms with E-state index in [0.717, 1.165) is 10.6 Å². The maximum atomic E-state index is 6.02. The minimum absolute atomic E-state index is 0.114. The van der Waals surface area contributed by atoms with Crippen molar-refractivity contribution in [3.63, 3.8) is 0 Å². The van der Waals surface area contributed by atoms with E-state index in [4.69, 9.17) is 10.3 Å². The molecule has 0 amide bonds. The number of nitrogens with zero attached hydrogens (tertiary/aromatic N) is 4. The average molecular weight is 281 g/mol. The van der Waals surface area contributed by atoms with Crippen LogP contribution in [-0.2, 0) is 5.41 Å². The summed E-state index contributed by atoms with van der Waals surface area (Å²) in [5.74, 6) is 1.23. The van der Waals surface area contributed by atoms with Crippen molar-refractivity contribution in [2.45, 2.75) is 46.1 Å². The highest BCUT2D eigenvalue weighted by molar-refractivity contribution is 7.09. The molecule has 104 valence electrons. The van der Waals surface area contributed by atoms with Crippen LogP contribution in [0.15, 0.2) is 4.52 Å². The van der Waals surface area contributed by atoms with Gasteiger partial charge in [0.05, 0.1) is 11.7 Å². The molecule has 1 unspecified atom stereocenters. The molecule has 2 N–H and O–H groups in total. The van der Waals surface area contributed by atoms with Crippen molar-refractivity contribution in [3.8, 4) is 10.8 Å². The minimum atomic E-state index is -0.225. The summed E-state index contributed by atoms with van der Waals surface area (Å²) < 4.78 is 9.29. The van der Waals surface area contributed by atoms with E-state index in [1.165, 1.54) is 11.5 Å². The van der Waals surface area contributed by atoms with Crippen molar-refractivity contribution in [2.24, 2.45) is 11.7 Å². The molecule has 0 fully saturated rings. The van der Waals surface area contributed by atoms with Crippen LogP contribution < -0.4 is 5.73 Å². The summed E-state index contributed by atoms with van der Waals surface area (Å²) in [5.41, 5.74) is 6.77. The zero-order chi connectivity index (χ0) is 14.2. The number of hydrogen-bond donors (Lipinski definition) is 1. The predicted octanol–water partition coefficient (Wildman–Crippen LogP) is 2.54. The van der Waals surface area contributed by atoms with Crippen molar-refractivity contribution in [1.29, 1.82) is 0 Å². The molecule has 7 heteroatoms. The molecule has 0 aliphatic heterocycles. The summed E-state index contributed by atoms with van der Waals surface area (Å²) in [6, 6.07) is -0.225. The van der Waals surface area contributed by atoms with E-state index in [2.05, 4.69) is 40.5 Å². The Labute approximate surface area is 116 Å². The smallest absolute Gasteiger partial charge is 0.271 e. The van der Waals surface area contributed by atoms with Crippen molar-refractivity contribution >= 4 is 11.5 Å². The van der Waals surface area contributed by atoms with Crippen LogP contribution in [0, 0.1) is 5.92 Å². The first kappa shape index (κ1) is 14.1. The molecule has 0 aliphatic carbocycles. The van der Waals surface area contributed by atoms with Crippen molar-refractivity contribution in [2.75, 3.05) is 0 Å². The lowest BCUT2D eigenvalue weighted by molar-refractivity contribution is 0.399. The number of aromatic nitrogens is 4. The molecule has 0 spiro atoms. The Morgan fingerprint density at radius 3 is 2.53 bits per heavy atom. The van der Waals surface area contributed by atoms with Gasteiger partial charge in [-0.05, 0) is 17.5 Å². The van der Waals surface area contributed by atoms with Gasteiger partial charge in [-0.2, -0.15) is 4.98 Å². The predicted molar refractivity (Wildman–Crippen MR) is 73.7 cm³/mol. The van der Waals surface area contributed by atoms with Crippen molar-refractivity contribution in [1.82, 2.24) is 19.7 Å². The second-order valence-corrected chi connectivity index (χ2v) is 6.68. The molecule has 0 saturated carbocycles. The molecule has 2 aromatic heterocycles. The monoisotopic (exact) mass is 281 g/mol. The number of hydrogen-bond acceptors (Lipinski definition) is 7. The Balaban J connectivity index is 2.37. The third kappa shape index (κ3) is 2.82. The second-order valence-electron chi connectivity index (χ2n) is 5.93. The van der Waals surface area contributed by atoms with E-state index in [1.54, 1.807) is 0 Å². The summed E-state index contributed by atoms with van der Waals surface area (Å²) in [5, 5.41) is 8.12. The van der Waals surface area contributed by atoms with Gasteiger partial charge in [-0.25, -0.2) is 0 Å². The molecule has 2 rings (SSSR count). The lowest BCUT2D eigenvalue weighted by Crippen LogP contribution is -2.18. The molecule has 0 aromatic carbocycles. The summed E-state index contributed by atoms with van der Waals surface area (Å²) in [7, 11) is 0. The first-order valence-electron chi connectivity index (χ1n) is 6.23. The van der Waals surface area contributed by atoms with Gasteiger partial charge in [0.1, 0.15) is 4.88 Å². The van der Waals surface area contributed by atoms with Gasteiger partial charge in [0.15, 0.2) is 5.82 Å². The lowest BCUT2D eigenvalue weighted by Gasteiger charge is -2.14. The molecule has 6 nitrogen and oxygen atoms in total. The van der Waals surface area contributed by atoms with Crippen LogP contribution in [0.5, 0.6) is 0 Å². The van der Waals surface area contributed by atoms with Crippen LogP contribution in [0.2, 0.25) is 0 Å². The molecule has 0 aliphatic rings. The number of rotatable bonds is 3. The summed E-state index contributed by atoms with van der Waals surface area (Å²) in [6.45, 7) is 10.3. The molecule has 1 atom stereocenters. The summed E-state index contributed by atoms with van der Waals surface area (Å²) >= 11 is 1.26. The standard InChI is InChI=1S/C12H19N5OS/c1-6(2)7(13)10-14-11(18-16-10)8-9(12(3,4)5)15-17-19-8/h6-7H,13H2,1-5H3. The van der Waals surface area contributed by atoms with Crippen LogP contribution in [0.4, 0.5) is 0 Å². The molecule has 19 heavy (non-hydrogen) atoms. The Hall–Kier alpha value is -1.34. The Morgan fingerprint density at radius 1 is 1.26 bits per heavy atom. The van der Waals surface area contributed by atoms with E-state index in [9.17, 15) is 0 Å². The second kappa shape index (κ2) is 4.97. The van der Waals surface area contributed by atoms with E-state index >= 15 is 0 Å². The molecule has 0 radical (unpaired) electrons. The minimum Gasteiger partial charge on any atom is -0.333 e. The maximum Gasteiger partial charge on any atom is 0.271 e. The summed E-state index contributed by atoms with van der Waals surface area (Å²) in [4.78, 5) is 5.20. The highest BCUT2D eigenvalue weighted by Crippen LogP contribution is 2.33. The van der Waals surface area contributed by atoms with Gasteiger partial charge in [0.25, 0.3) is 5.89 Å². The van der Waals surface area contributed by atoms with Crippen LogP contribution >= 0.6 is 11.5 Å². The molecule has 0 bridgehead atoms. The van der Waals surface area contributed by atoms with E-state index in [0.29, 0.717) is 11.7 Å². The highest BCUT2D eigenvalue weighted by atomic mass is 32.1. The van der Waals surface area contributed by atoms with Crippen LogP contribution in [0.1, 0.15) is 52.2 Å². The number of nitrogens with two attached hydrogens (primary N) is 1. The third-order valence-electron chi connectivity index (χ3n) is 2.85. The fourth-order valence-corrected chi connectivity index (χ4v) is 2.38. The van der Waals surface area contributed by atoms with Gasteiger partial charge >= 0.3 is 0 Å². The maximum absolute atomic E-state index is 6.02. The Bertz CT molecular complexity index is 554. The van der Waals surface area contributed by atoms with Crippen LogP contribution in [-0.4, -0.2) is 19.7 Å². The van der Waals surface area contributed by atoms with Gasteiger partial charge < -0.3 is 10.3 Å². The fourth-order valence-electron chi connectivity index (χ4n) is 1.58. The first-order chi connectivity index (χ1) is 8.80. The van der Waals surface area contributed by atoms with E-state index in [1.807, 2.05) is 13.8 Å². The largest absolute Gasteiger partial charge is 0.333 e. The third-order valence-corrected chi connectivity index (χ3v) is 3.56. The van der Waals surface area contributed by atoms with Gasteiger partial charge in [0, 0.05) is 5.41 Å². The average Bonchev–Trinajstić information content (AvgIpc) is 2.95. The van der Waals surface area contributed by atoms with Crippen molar-refractivity contribution in [3.05, 3.63) is 11.5 Å². The van der Waals surface area contributed by atoms with Gasteiger partial charge in [-0.15, -0.1) is 5.10 Å². The quantitative estimate of drug-likeness (QED) is 0.929. The SMILES string of the molecule is CC(C)C(N)c1noc(-c2snnc2C(C)(C)C)n1. The van der Waals surface area contributed by atoms with Crippen LogP contribution in [0.3, 0.4) is 0 Å². The Morgan fingerprint density at radius 2 is 1.95 bits per heavy atom. The molecular weight excluding hydrogens is 262 g/mol. The normalized spacial score (nSPS) is 14.1. The van der Waals surface area contributed by atoms with E-state index in [-0.39, 0.29) is 17.4 Å². The molecule has 2 heterocycles.